The fourth-order valence-electron chi connectivity index (χ4n) is 3.57. The maximum Gasteiger partial charge on any atom is 0.311 e. The number of carbonyl (C=O) groups excluding carboxylic acids is 4. The molecule has 8 nitrogen and oxygen atoms in total. The molecule has 2 atom stereocenters. The number of carbonyl (C=O) groups is 4. The second-order valence-electron chi connectivity index (χ2n) is 12.7. The lowest BCUT2D eigenvalue weighted by molar-refractivity contribution is -0.154. The van der Waals surface area contributed by atoms with Gasteiger partial charge >= 0.3 is 5.97 Å². The van der Waals surface area contributed by atoms with Gasteiger partial charge in [0.05, 0.1) is 5.41 Å². The lowest BCUT2D eigenvalue weighted by Gasteiger charge is -2.24. The van der Waals surface area contributed by atoms with Gasteiger partial charge in [-0.3, -0.25) is 19.2 Å². The highest BCUT2D eigenvalue weighted by molar-refractivity contribution is 5.98. The van der Waals surface area contributed by atoms with E-state index < -0.39 is 17.5 Å². The van der Waals surface area contributed by atoms with Crippen LogP contribution in [-0.4, -0.2) is 35.8 Å². The van der Waals surface area contributed by atoms with Crippen molar-refractivity contribution in [2.75, 3.05) is 5.32 Å². The first-order valence-corrected chi connectivity index (χ1v) is 13.7. The number of nitrogens with one attached hydrogen (secondary N) is 3. The predicted octanol–water partition coefficient (Wildman–Crippen LogP) is 5.36. The molecule has 0 heterocycles. The fraction of sp³-hybridized carbons (Fsp3) is 0.667. The molecule has 38 heavy (non-hydrogen) atoms. The highest BCUT2D eigenvalue weighted by atomic mass is 16.5. The summed E-state index contributed by atoms with van der Waals surface area (Å²) in [6, 6.07) is 5.44. The van der Waals surface area contributed by atoms with E-state index in [1.54, 1.807) is 52.0 Å². The molecule has 214 valence electrons. The summed E-state index contributed by atoms with van der Waals surface area (Å²) in [6.07, 6.45) is 4.32. The normalized spacial score (nSPS) is 13.4. The molecular formula is C30H49N3O5. The van der Waals surface area contributed by atoms with Crippen molar-refractivity contribution < 1.29 is 23.9 Å². The van der Waals surface area contributed by atoms with Crippen molar-refractivity contribution in [1.29, 1.82) is 0 Å². The predicted molar refractivity (Wildman–Crippen MR) is 151 cm³/mol. The number of hydrogen-bond donors (Lipinski definition) is 3. The molecule has 0 fully saturated rings. The van der Waals surface area contributed by atoms with Crippen LogP contribution in [0, 0.1) is 16.7 Å². The molecule has 0 aliphatic carbocycles. The average Bonchev–Trinajstić information content (AvgIpc) is 2.79. The van der Waals surface area contributed by atoms with Crippen LogP contribution in [0.1, 0.15) is 100.0 Å². The third-order valence-electron chi connectivity index (χ3n) is 6.05. The second kappa shape index (κ2) is 14.9. The van der Waals surface area contributed by atoms with E-state index >= 15 is 0 Å². The first kappa shape index (κ1) is 33.1. The summed E-state index contributed by atoms with van der Waals surface area (Å²) in [7, 11) is 0. The third kappa shape index (κ3) is 13.1. The summed E-state index contributed by atoms with van der Waals surface area (Å²) < 4.78 is 5.31. The van der Waals surface area contributed by atoms with Gasteiger partial charge < -0.3 is 20.7 Å². The van der Waals surface area contributed by atoms with Gasteiger partial charge in [-0.15, -0.1) is 0 Å². The molecule has 8 heteroatoms. The molecule has 0 aliphatic rings. The number of unbranched alkanes of at least 4 members (excludes halogenated alkanes) is 2. The topological polar surface area (TPSA) is 114 Å². The molecule has 1 aromatic rings. The van der Waals surface area contributed by atoms with Crippen LogP contribution in [0.5, 0.6) is 0 Å². The number of esters is 1. The number of benzene rings is 1. The van der Waals surface area contributed by atoms with Gasteiger partial charge in [0.15, 0.2) is 0 Å². The lowest BCUT2D eigenvalue weighted by Crippen LogP contribution is -2.53. The van der Waals surface area contributed by atoms with Gasteiger partial charge in [-0.05, 0) is 69.6 Å². The van der Waals surface area contributed by atoms with Crippen LogP contribution in [0.3, 0.4) is 0 Å². The van der Waals surface area contributed by atoms with Gasteiger partial charge in [0.2, 0.25) is 17.7 Å². The molecule has 0 radical (unpaired) electrons. The number of rotatable bonds is 13. The van der Waals surface area contributed by atoms with Crippen LogP contribution in [-0.2, 0) is 30.5 Å². The van der Waals surface area contributed by atoms with Crippen molar-refractivity contribution >= 4 is 29.4 Å². The molecular weight excluding hydrogens is 482 g/mol. The van der Waals surface area contributed by atoms with Crippen LogP contribution in [0.25, 0.3) is 0 Å². The van der Waals surface area contributed by atoms with Crippen molar-refractivity contribution in [2.45, 2.75) is 113 Å². The zero-order valence-electron chi connectivity index (χ0n) is 24.8. The van der Waals surface area contributed by atoms with Crippen LogP contribution in [0.2, 0.25) is 0 Å². The molecule has 0 spiro atoms. The van der Waals surface area contributed by atoms with E-state index in [1.807, 2.05) is 13.8 Å². The summed E-state index contributed by atoms with van der Waals surface area (Å²) >= 11 is 0. The van der Waals surface area contributed by atoms with Gasteiger partial charge in [0.25, 0.3) is 0 Å². The van der Waals surface area contributed by atoms with Gasteiger partial charge in [0, 0.05) is 12.1 Å². The zero-order chi connectivity index (χ0) is 29.1. The molecule has 0 aliphatic heterocycles. The van der Waals surface area contributed by atoms with Crippen molar-refractivity contribution in [1.82, 2.24) is 10.6 Å². The summed E-state index contributed by atoms with van der Waals surface area (Å²) in [5.74, 6) is -1.33. The Hall–Kier alpha value is -2.90. The zero-order valence-corrected chi connectivity index (χ0v) is 24.8. The van der Waals surface area contributed by atoms with Gasteiger partial charge in [-0.2, -0.15) is 0 Å². The maximum absolute atomic E-state index is 12.9. The summed E-state index contributed by atoms with van der Waals surface area (Å²) in [5, 5.41) is 8.32. The number of anilines is 1. The molecule has 1 aromatic carbocycles. The SMILES string of the molecule is CC(C)[C@@H](NC(=O)CCCCCC(C)(C)C)C(=O)N[C@H](C)C(=O)Nc1ccc(COC(=O)C(C)(C)C)cc1. The minimum Gasteiger partial charge on any atom is -0.460 e. The Kier molecular flexibility index (Phi) is 13.0. The first-order valence-electron chi connectivity index (χ1n) is 13.7. The fourth-order valence-corrected chi connectivity index (χ4v) is 3.57. The summed E-state index contributed by atoms with van der Waals surface area (Å²) in [5.41, 5.74) is 1.07. The first-order chi connectivity index (χ1) is 17.5. The molecule has 0 saturated carbocycles. The van der Waals surface area contributed by atoms with Crippen LogP contribution < -0.4 is 16.0 Å². The van der Waals surface area contributed by atoms with Crippen molar-refractivity contribution in [2.24, 2.45) is 16.7 Å². The molecule has 0 saturated heterocycles. The van der Waals surface area contributed by atoms with E-state index in [2.05, 4.69) is 36.7 Å². The highest BCUT2D eigenvalue weighted by Crippen LogP contribution is 2.22. The minimum absolute atomic E-state index is 0.130. The Morgan fingerprint density at radius 1 is 0.816 bits per heavy atom. The quantitative estimate of drug-likeness (QED) is 0.234. The molecule has 0 aromatic heterocycles. The van der Waals surface area contributed by atoms with Crippen molar-refractivity contribution in [3.8, 4) is 0 Å². The van der Waals surface area contributed by atoms with Crippen LogP contribution in [0.15, 0.2) is 24.3 Å². The third-order valence-corrected chi connectivity index (χ3v) is 6.05. The molecule has 0 unspecified atom stereocenters. The molecule has 3 N–H and O–H groups in total. The Balaban J connectivity index is 2.54. The number of amides is 3. The van der Waals surface area contributed by atoms with Crippen molar-refractivity contribution in [3.63, 3.8) is 0 Å². The summed E-state index contributed by atoms with van der Waals surface area (Å²) in [6.45, 7) is 17.5. The maximum atomic E-state index is 12.9. The largest absolute Gasteiger partial charge is 0.460 e. The smallest absolute Gasteiger partial charge is 0.311 e. The minimum atomic E-state index is -0.800. The van der Waals surface area contributed by atoms with E-state index in [-0.39, 0.29) is 41.6 Å². The van der Waals surface area contributed by atoms with E-state index in [4.69, 9.17) is 4.74 Å². The van der Waals surface area contributed by atoms with E-state index in [1.165, 1.54) is 0 Å². The van der Waals surface area contributed by atoms with E-state index in [0.29, 0.717) is 12.1 Å². The monoisotopic (exact) mass is 531 g/mol. The van der Waals surface area contributed by atoms with Gasteiger partial charge in [0.1, 0.15) is 18.7 Å². The van der Waals surface area contributed by atoms with Crippen LogP contribution >= 0.6 is 0 Å². The van der Waals surface area contributed by atoms with Gasteiger partial charge in [-0.1, -0.05) is 59.6 Å². The summed E-state index contributed by atoms with van der Waals surface area (Å²) in [4.78, 5) is 49.9. The van der Waals surface area contributed by atoms with Crippen molar-refractivity contribution in [3.05, 3.63) is 29.8 Å². The van der Waals surface area contributed by atoms with Gasteiger partial charge in [-0.25, -0.2) is 0 Å². The number of ether oxygens (including phenoxy) is 1. The van der Waals surface area contributed by atoms with E-state index in [9.17, 15) is 19.2 Å². The highest BCUT2D eigenvalue weighted by Gasteiger charge is 2.27. The Labute approximate surface area is 229 Å². The Bertz CT molecular complexity index is 927. The van der Waals surface area contributed by atoms with Crippen LogP contribution in [0.4, 0.5) is 5.69 Å². The lowest BCUT2D eigenvalue weighted by atomic mass is 9.89. The molecule has 0 bridgehead atoms. The molecule has 1 rings (SSSR count). The standard InChI is InChI=1S/C30H49N3O5/c1-20(2)25(33-24(34)13-11-10-12-18-29(4,5)6)27(36)31-21(3)26(35)32-23-16-14-22(15-17-23)19-38-28(37)30(7,8)9/h14-17,20-21,25H,10-13,18-19H2,1-9H3,(H,31,36)(H,32,35)(H,33,34)/t21-,25-/m1/s1. The van der Waals surface area contributed by atoms with E-state index in [0.717, 1.165) is 31.2 Å². The Morgan fingerprint density at radius 2 is 1.42 bits per heavy atom. The molecule has 3 amide bonds. The second-order valence-corrected chi connectivity index (χ2v) is 12.7. The number of hydrogen-bond acceptors (Lipinski definition) is 5. The average molecular weight is 532 g/mol. The Morgan fingerprint density at radius 3 is 1.95 bits per heavy atom.